The predicted octanol–water partition coefficient (Wildman–Crippen LogP) is 3.91. The van der Waals surface area contributed by atoms with E-state index < -0.39 is 11.6 Å². The third-order valence-corrected chi connectivity index (χ3v) is 5.19. The highest BCUT2D eigenvalue weighted by Crippen LogP contribution is 2.32. The number of hydrogen-bond acceptors (Lipinski definition) is 4. The molecule has 0 heterocycles. The molecule has 2 aliphatic carbocycles. The van der Waals surface area contributed by atoms with E-state index in [1.54, 1.807) is 66.7 Å². The molecule has 0 unspecified atom stereocenters. The number of benzene rings is 3. The molecule has 132 valence electrons. The number of hydrogen-bond donors (Lipinski definition) is 0. The van der Waals surface area contributed by atoms with E-state index in [2.05, 4.69) is 0 Å². The second kappa shape index (κ2) is 5.79. The Morgan fingerprint density at radius 3 is 1.75 bits per heavy atom. The molecule has 5 rings (SSSR count). The average Bonchev–Trinajstić information content (AvgIpc) is 2.74. The van der Waals surface area contributed by atoms with Crippen molar-refractivity contribution in [2.75, 3.05) is 0 Å². The Morgan fingerprint density at radius 2 is 1.04 bits per heavy atom. The van der Waals surface area contributed by atoms with E-state index in [4.69, 9.17) is 0 Å². The van der Waals surface area contributed by atoms with Crippen molar-refractivity contribution in [2.45, 2.75) is 0 Å². The minimum atomic E-state index is -0.531. The van der Waals surface area contributed by atoms with Crippen LogP contribution in [-0.4, -0.2) is 23.1 Å². The van der Waals surface area contributed by atoms with E-state index in [-0.39, 0.29) is 11.6 Å². The molecule has 0 amide bonds. The van der Waals surface area contributed by atoms with E-state index in [9.17, 15) is 19.2 Å². The van der Waals surface area contributed by atoms with Crippen molar-refractivity contribution >= 4 is 29.2 Å². The van der Waals surface area contributed by atoms with Gasteiger partial charge in [0.1, 0.15) is 0 Å². The first kappa shape index (κ1) is 16.3. The van der Waals surface area contributed by atoms with Crippen molar-refractivity contribution in [2.24, 2.45) is 0 Å². The van der Waals surface area contributed by atoms with Gasteiger partial charge >= 0.3 is 0 Å². The molecule has 3 aromatic rings. The zero-order valence-electron chi connectivity index (χ0n) is 14.6. The zero-order chi connectivity index (χ0) is 19.4. The fourth-order valence-corrected chi connectivity index (χ4v) is 3.74. The number of Topliss-reactive ketones (excluding diaryl/α,β-unsaturated/α-hetero) is 1. The van der Waals surface area contributed by atoms with Crippen LogP contribution in [0.1, 0.15) is 47.8 Å². The minimum absolute atomic E-state index is 0.158. The lowest BCUT2D eigenvalue weighted by atomic mass is 9.82. The summed E-state index contributed by atoms with van der Waals surface area (Å²) in [6.07, 6.45) is 2.88. The van der Waals surface area contributed by atoms with Gasteiger partial charge in [0.05, 0.1) is 0 Å². The molecule has 0 atom stereocenters. The number of ketones is 4. The molecule has 0 aliphatic heterocycles. The van der Waals surface area contributed by atoms with Gasteiger partial charge in [0.25, 0.3) is 0 Å². The van der Waals surface area contributed by atoms with Crippen molar-refractivity contribution in [1.29, 1.82) is 0 Å². The Balaban J connectivity index is 1.63. The summed E-state index contributed by atoms with van der Waals surface area (Å²) in [7, 11) is 0. The first-order valence-corrected chi connectivity index (χ1v) is 8.78. The molecule has 0 radical (unpaired) electrons. The van der Waals surface area contributed by atoms with Gasteiger partial charge < -0.3 is 0 Å². The second-order valence-electron chi connectivity index (χ2n) is 6.79. The summed E-state index contributed by atoms with van der Waals surface area (Å²) in [4.78, 5) is 49.1. The van der Waals surface area contributed by atoms with Gasteiger partial charge in [-0.15, -0.1) is 0 Å². The van der Waals surface area contributed by atoms with Crippen LogP contribution in [0.15, 0.2) is 66.7 Å². The molecule has 0 N–H and O–H groups in total. The van der Waals surface area contributed by atoms with Crippen LogP contribution < -0.4 is 0 Å². The Morgan fingerprint density at radius 1 is 0.464 bits per heavy atom. The van der Waals surface area contributed by atoms with Crippen molar-refractivity contribution in [3.63, 3.8) is 0 Å². The summed E-state index contributed by atoms with van der Waals surface area (Å²) in [5, 5.41) is 0. The van der Waals surface area contributed by atoms with Gasteiger partial charge in [0.2, 0.25) is 11.6 Å². The van der Waals surface area contributed by atoms with Crippen molar-refractivity contribution < 1.29 is 19.2 Å². The molecular weight excluding hydrogens is 352 g/mol. The maximum atomic E-state index is 12.9. The summed E-state index contributed by atoms with van der Waals surface area (Å²) >= 11 is 0. The van der Waals surface area contributed by atoms with E-state index in [0.717, 1.165) is 11.1 Å². The normalized spacial score (nSPS) is 14.6. The smallest absolute Gasteiger partial charge is 0.233 e. The van der Waals surface area contributed by atoms with Crippen molar-refractivity contribution in [3.8, 4) is 11.1 Å². The third-order valence-electron chi connectivity index (χ3n) is 5.19. The molecule has 0 fully saturated rings. The van der Waals surface area contributed by atoms with Crippen LogP contribution in [-0.2, 0) is 4.79 Å². The first-order valence-electron chi connectivity index (χ1n) is 8.78. The number of fused-ring (bicyclic) bond motifs is 3. The van der Waals surface area contributed by atoms with Crippen LogP contribution in [0.5, 0.6) is 0 Å². The third kappa shape index (κ3) is 2.25. The molecule has 0 saturated heterocycles. The molecule has 0 saturated carbocycles. The van der Waals surface area contributed by atoms with Crippen LogP contribution in [0.25, 0.3) is 17.2 Å². The first-order chi connectivity index (χ1) is 13.5. The van der Waals surface area contributed by atoms with E-state index >= 15 is 0 Å². The number of allylic oxidation sites excluding steroid dienone is 1. The SMILES string of the molecule is O=C1C=Cc2cc(-c3ccc4c(c3)C(=O)c3ccccc3C4=O)ccc2C1=O. The molecule has 3 aromatic carbocycles. The molecule has 28 heavy (non-hydrogen) atoms. The van der Waals surface area contributed by atoms with Gasteiger partial charge in [0, 0.05) is 27.8 Å². The summed E-state index contributed by atoms with van der Waals surface area (Å²) in [6.45, 7) is 0. The van der Waals surface area contributed by atoms with Gasteiger partial charge in [0.15, 0.2) is 11.6 Å². The highest BCUT2D eigenvalue weighted by molar-refractivity contribution is 6.50. The molecule has 2 aliphatic rings. The fraction of sp³-hybridized carbons (Fsp3) is 0. The van der Waals surface area contributed by atoms with Crippen LogP contribution >= 0.6 is 0 Å². The molecule has 0 bridgehead atoms. The molecule has 4 heteroatoms. The second-order valence-corrected chi connectivity index (χ2v) is 6.79. The highest BCUT2D eigenvalue weighted by atomic mass is 16.2. The molecule has 0 spiro atoms. The number of carbonyl (C=O) groups is 4. The van der Waals surface area contributed by atoms with E-state index in [1.807, 2.05) is 0 Å². The standard InChI is InChI=1S/C24H12O4/c25-21-10-7-15-11-13(5-8-16(15)24(21)28)14-6-9-19-20(12-14)23(27)18-4-2-1-3-17(18)22(19)26/h1-12H. The quantitative estimate of drug-likeness (QED) is 0.480. The van der Waals surface area contributed by atoms with Gasteiger partial charge in [-0.1, -0.05) is 42.5 Å². The van der Waals surface area contributed by atoms with Crippen molar-refractivity contribution in [3.05, 3.63) is 100 Å². The Bertz CT molecular complexity index is 1280. The highest BCUT2D eigenvalue weighted by Gasteiger charge is 2.29. The zero-order valence-corrected chi connectivity index (χ0v) is 14.6. The lowest BCUT2D eigenvalue weighted by Gasteiger charge is -2.18. The summed E-state index contributed by atoms with van der Waals surface area (Å²) in [5.74, 6) is -1.39. The topological polar surface area (TPSA) is 68.3 Å². The Labute approximate surface area is 160 Å². The largest absolute Gasteiger partial charge is 0.289 e. The van der Waals surface area contributed by atoms with Crippen LogP contribution in [0, 0.1) is 0 Å². The van der Waals surface area contributed by atoms with Gasteiger partial charge in [-0.05, 0) is 47.0 Å². The van der Waals surface area contributed by atoms with Crippen LogP contribution in [0.3, 0.4) is 0 Å². The predicted molar refractivity (Wildman–Crippen MR) is 104 cm³/mol. The summed E-state index contributed by atoms with van der Waals surface area (Å²) in [5.41, 5.74) is 4.20. The summed E-state index contributed by atoms with van der Waals surface area (Å²) in [6, 6.07) is 17.2. The van der Waals surface area contributed by atoms with Crippen LogP contribution in [0.2, 0.25) is 0 Å². The Kier molecular flexibility index (Phi) is 3.36. The van der Waals surface area contributed by atoms with E-state index in [0.29, 0.717) is 33.4 Å². The van der Waals surface area contributed by atoms with Gasteiger partial charge in [-0.25, -0.2) is 0 Å². The minimum Gasteiger partial charge on any atom is -0.289 e. The summed E-state index contributed by atoms with van der Waals surface area (Å²) < 4.78 is 0. The molecular formula is C24H12O4. The molecule has 4 nitrogen and oxygen atoms in total. The van der Waals surface area contributed by atoms with Crippen LogP contribution in [0.4, 0.5) is 0 Å². The van der Waals surface area contributed by atoms with Gasteiger partial charge in [-0.2, -0.15) is 0 Å². The monoisotopic (exact) mass is 364 g/mol. The number of carbonyl (C=O) groups excluding carboxylic acids is 4. The average molecular weight is 364 g/mol. The number of rotatable bonds is 1. The molecule has 0 aromatic heterocycles. The van der Waals surface area contributed by atoms with E-state index in [1.165, 1.54) is 6.08 Å². The lowest BCUT2D eigenvalue weighted by Crippen LogP contribution is -2.20. The maximum Gasteiger partial charge on any atom is 0.233 e. The maximum absolute atomic E-state index is 12.9. The Hall–Kier alpha value is -3.92. The van der Waals surface area contributed by atoms with Gasteiger partial charge in [-0.3, -0.25) is 19.2 Å². The fourth-order valence-electron chi connectivity index (χ4n) is 3.74. The lowest BCUT2D eigenvalue weighted by molar-refractivity contribution is -0.110. The van der Waals surface area contributed by atoms with Crippen molar-refractivity contribution in [1.82, 2.24) is 0 Å².